The van der Waals surface area contributed by atoms with Crippen molar-refractivity contribution in [2.45, 2.75) is 29.8 Å². The maximum atomic E-state index is 13.3. The third-order valence-electron chi connectivity index (χ3n) is 3.95. The van der Waals surface area contributed by atoms with E-state index in [-0.39, 0.29) is 28.9 Å². The van der Waals surface area contributed by atoms with Gasteiger partial charge in [0.25, 0.3) is 0 Å². The summed E-state index contributed by atoms with van der Waals surface area (Å²) >= 11 is 5.63. The number of aromatic nitrogens is 2. The maximum Gasteiger partial charge on any atom is 0.470 e. The van der Waals surface area contributed by atoms with Crippen LogP contribution in [0.5, 0.6) is 0 Å². The average Bonchev–Trinajstić information content (AvgIpc) is 3.08. The van der Waals surface area contributed by atoms with Crippen LogP contribution in [0.15, 0.2) is 27.5 Å². The third-order valence-corrected chi connectivity index (χ3v) is 6.10. The van der Waals surface area contributed by atoms with E-state index >= 15 is 0 Å². The summed E-state index contributed by atoms with van der Waals surface area (Å²) < 4.78 is 82.1. The van der Waals surface area contributed by atoms with Crippen molar-refractivity contribution in [2.75, 3.05) is 13.1 Å². The largest absolute Gasteiger partial charge is 0.470 e. The Hall–Kier alpha value is -1.72. The van der Waals surface area contributed by atoms with Crippen LogP contribution in [0.4, 0.5) is 17.6 Å². The molecule has 1 aromatic carbocycles. The molecule has 0 N–H and O–H groups in total. The molecule has 2 heterocycles. The van der Waals surface area contributed by atoms with Crippen LogP contribution in [0.1, 0.15) is 30.5 Å². The summed E-state index contributed by atoms with van der Waals surface area (Å²) in [5, 5.41) is 6.01. The highest BCUT2D eigenvalue weighted by atomic mass is 35.5. The molecule has 0 unspecified atom stereocenters. The number of rotatable bonds is 3. The molecule has 1 fully saturated rings. The molecule has 0 bridgehead atoms. The van der Waals surface area contributed by atoms with Gasteiger partial charge in [0, 0.05) is 13.1 Å². The number of hydrogen-bond acceptors (Lipinski definition) is 5. The quantitative estimate of drug-likeness (QED) is 0.720. The molecule has 0 radical (unpaired) electrons. The molecule has 12 heteroatoms. The van der Waals surface area contributed by atoms with Gasteiger partial charge in [-0.05, 0) is 31.0 Å². The van der Waals surface area contributed by atoms with E-state index in [0.717, 1.165) is 22.5 Å². The first-order valence-electron chi connectivity index (χ1n) is 7.45. The number of sulfonamides is 1. The molecule has 1 aromatic heterocycles. The summed E-state index contributed by atoms with van der Waals surface area (Å²) in [4.78, 5) is -0.203. The molecule has 1 aliphatic heterocycles. The van der Waals surface area contributed by atoms with Gasteiger partial charge < -0.3 is 4.42 Å². The standard InChI is InChI=1S/C14H12ClF4N3O3S/c15-10-6-9(3-4-11(10)16)26(23,24)22-5-1-2-8(7-22)12-20-21-13(25-12)14(17,18)19/h3-4,6,8H,1-2,5,7H2/t8-/m1/s1. The minimum Gasteiger partial charge on any atom is -0.417 e. The number of halogens is 5. The Morgan fingerprint density at radius 3 is 2.62 bits per heavy atom. The van der Waals surface area contributed by atoms with Gasteiger partial charge in [0.1, 0.15) is 5.82 Å². The van der Waals surface area contributed by atoms with Crippen LogP contribution in [0.3, 0.4) is 0 Å². The van der Waals surface area contributed by atoms with E-state index in [4.69, 9.17) is 11.6 Å². The molecule has 0 aliphatic carbocycles. The molecule has 1 aliphatic rings. The fourth-order valence-corrected chi connectivity index (χ4v) is 4.46. The maximum absolute atomic E-state index is 13.3. The Morgan fingerprint density at radius 2 is 2.00 bits per heavy atom. The van der Waals surface area contributed by atoms with Gasteiger partial charge in [-0.25, -0.2) is 12.8 Å². The number of benzene rings is 1. The van der Waals surface area contributed by atoms with Gasteiger partial charge in [-0.15, -0.1) is 10.2 Å². The number of piperidine rings is 1. The minimum atomic E-state index is -4.77. The second kappa shape index (κ2) is 6.78. The van der Waals surface area contributed by atoms with Crippen molar-refractivity contribution in [2.24, 2.45) is 0 Å². The van der Waals surface area contributed by atoms with E-state index in [1.807, 2.05) is 0 Å². The van der Waals surface area contributed by atoms with Gasteiger partial charge in [0.2, 0.25) is 15.9 Å². The van der Waals surface area contributed by atoms with Crippen LogP contribution in [-0.2, 0) is 16.2 Å². The van der Waals surface area contributed by atoms with Gasteiger partial charge in [-0.2, -0.15) is 17.5 Å². The van der Waals surface area contributed by atoms with E-state index < -0.39 is 33.8 Å². The first-order valence-corrected chi connectivity index (χ1v) is 9.26. The summed E-state index contributed by atoms with van der Waals surface area (Å²) in [5.41, 5.74) is 0. The Bertz CT molecular complexity index is 916. The van der Waals surface area contributed by atoms with Crippen molar-refractivity contribution < 1.29 is 30.4 Å². The van der Waals surface area contributed by atoms with Gasteiger partial charge in [-0.1, -0.05) is 11.6 Å². The second-order valence-corrected chi connectivity index (χ2v) is 8.07. The summed E-state index contributed by atoms with van der Waals surface area (Å²) in [7, 11) is -3.99. The lowest BCUT2D eigenvalue weighted by atomic mass is 10.00. The lowest BCUT2D eigenvalue weighted by molar-refractivity contribution is -0.157. The van der Waals surface area contributed by atoms with Crippen molar-refractivity contribution in [1.29, 1.82) is 0 Å². The van der Waals surface area contributed by atoms with Gasteiger partial charge in [-0.3, -0.25) is 0 Å². The highest BCUT2D eigenvalue weighted by Gasteiger charge is 2.40. The third kappa shape index (κ3) is 3.69. The topological polar surface area (TPSA) is 76.3 Å². The lowest BCUT2D eigenvalue weighted by Gasteiger charge is -2.30. The van der Waals surface area contributed by atoms with Crippen LogP contribution in [-0.4, -0.2) is 36.0 Å². The van der Waals surface area contributed by atoms with Crippen molar-refractivity contribution in [3.63, 3.8) is 0 Å². The van der Waals surface area contributed by atoms with E-state index in [0.29, 0.717) is 12.8 Å². The Labute approximate surface area is 150 Å². The highest BCUT2D eigenvalue weighted by molar-refractivity contribution is 7.89. The molecule has 1 atom stereocenters. The first-order chi connectivity index (χ1) is 12.1. The zero-order valence-electron chi connectivity index (χ0n) is 13.0. The number of nitrogens with zero attached hydrogens (tertiary/aromatic N) is 3. The summed E-state index contributed by atoms with van der Waals surface area (Å²) in [6.45, 7) is 0.0327. The van der Waals surface area contributed by atoms with Crippen LogP contribution >= 0.6 is 11.6 Å². The van der Waals surface area contributed by atoms with Crippen molar-refractivity contribution in [1.82, 2.24) is 14.5 Å². The zero-order valence-corrected chi connectivity index (χ0v) is 14.6. The predicted molar refractivity (Wildman–Crippen MR) is 81.4 cm³/mol. The molecule has 3 rings (SSSR count). The lowest BCUT2D eigenvalue weighted by Crippen LogP contribution is -2.39. The van der Waals surface area contributed by atoms with Crippen LogP contribution in [0.2, 0.25) is 5.02 Å². The summed E-state index contributed by atoms with van der Waals surface area (Å²) in [5.74, 6) is -3.17. The Balaban J connectivity index is 1.83. The molecular formula is C14H12ClF4N3O3S. The molecule has 2 aromatic rings. The highest BCUT2D eigenvalue weighted by Crippen LogP contribution is 2.33. The monoisotopic (exact) mass is 413 g/mol. The molecule has 6 nitrogen and oxygen atoms in total. The van der Waals surface area contributed by atoms with E-state index in [1.54, 1.807) is 0 Å². The molecule has 1 saturated heterocycles. The molecular weight excluding hydrogens is 402 g/mol. The van der Waals surface area contributed by atoms with Crippen molar-refractivity contribution >= 4 is 21.6 Å². The first kappa shape index (κ1) is 19.1. The van der Waals surface area contributed by atoms with Gasteiger partial charge in [0.15, 0.2) is 0 Å². The SMILES string of the molecule is O=S(=O)(c1ccc(F)c(Cl)c1)N1CCC[C@@H](c2nnc(C(F)(F)F)o2)C1. The molecule has 0 amide bonds. The average molecular weight is 414 g/mol. The van der Waals surface area contributed by atoms with Gasteiger partial charge in [0.05, 0.1) is 15.8 Å². The molecule has 0 spiro atoms. The van der Waals surface area contributed by atoms with Crippen LogP contribution in [0, 0.1) is 5.82 Å². The molecule has 26 heavy (non-hydrogen) atoms. The van der Waals surface area contributed by atoms with E-state index in [2.05, 4.69) is 14.6 Å². The summed E-state index contributed by atoms with van der Waals surface area (Å²) in [6, 6.07) is 3.00. The zero-order chi connectivity index (χ0) is 19.1. The van der Waals surface area contributed by atoms with Crippen molar-refractivity contribution in [3.05, 3.63) is 40.8 Å². The minimum absolute atomic E-state index is 0.128. The molecule has 0 saturated carbocycles. The fraction of sp³-hybridized carbons (Fsp3) is 0.429. The number of hydrogen-bond donors (Lipinski definition) is 0. The smallest absolute Gasteiger partial charge is 0.417 e. The Kier molecular flexibility index (Phi) is 4.97. The second-order valence-electron chi connectivity index (χ2n) is 5.72. The fourth-order valence-electron chi connectivity index (χ4n) is 2.66. The van der Waals surface area contributed by atoms with Crippen LogP contribution < -0.4 is 0 Å². The normalized spacial score (nSPS) is 19.7. The molecule has 142 valence electrons. The van der Waals surface area contributed by atoms with E-state index in [9.17, 15) is 26.0 Å². The van der Waals surface area contributed by atoms with E-state index in [1.165, 1.54) is 0 Å². The van der Waals surface area contributed by atoms with Gasteiger partial charge >= 0.3 is 12.1 Å². The Morgan fingerprint density at radius 1 is 1.27 bits per heavy atom. The number of alkyl halides is 3. The van der Waals surface area contributed by atoms with Crippen molar-refractivity contribution in [3.8, 4) is 0 Å². The summed E-state index contributed by atoms with van der Waals surface area (Å²) in [6.07, 6.45) is -3.98. The predicted octanol–water partition coefficient (Wildman–Crippen LogP) is 3.45. The van der Waals surface area contributed by atoms with Crippen LogP contribution in [0.25, 0.3) is 0 Å².